The first-order chi connectivity index (χ1) is 9.44. The van der Waals surface area contributed by atoms with Crippen molar-refractivity contribution >= 4 is 15.7 Å². The molecule has 0 saturated heterocycles. The van der Waals surface area contributed by atoms with Crippen molar-refractivity contribution in [1.82, 2.24) is 4.72 Å². The number of hydrogen-bond acceptors (Lipinski definition) is 5. The number of benzene rings is 1. The van der Waals surface area contributed by atoms with Crippen molar-refractivity contribution < 1.29 is 13.3 Å². The van der Waals surface area contributed by atoms with E-state index in [9.17, 15) is 18.5 Å². The van der Waals surface area contributed by atoms with E-state index in [-0.39, 0.29) is 22.5 Å². The highest BCUT2D eigenvalue weighted by atomic mass is 32.2. The molecule has 0 amide bonds. The lowest BCUT2D eigenvalue weighted by Crippen LogP contribution is -2.39. The summed E-state index contributed by atoms with van der Waals surface area (Å²) in [4.78, 5) is 10.0. The first-order valence-corrected chi connectivity index (χ1v) is 7.89. The van der Waals surface area contributed by atoms with Crippen LogP contribution in [0.5, 0.6) is 0 Å². The Balaban J connectivity index is 2.15. The van der Waals surface area contributed by atoms with Crippen molar-refractivity contribution in [3.8, 4) is 0 Å². The summed E-state index contributed by atoms with van der Waals surface area (Å²) in [7, 11) is -3.66. The maximum Gasteiger partial charge on any atom is 0.269 e. The molecule has 3 N–H and O–H groups in total. The topological polar surface area (TPSA) is 115 Å². The van der Waals surface area contributed by atoms with Gasteiger partial charge in [0.05, 0.1) is 9.82 Å². The Morgan fingerprint density at radius 3 is 2.50 bits per heavy atom. The van der Waals surface area contributed by atoms with Crippen molar-refractivity contribution in [3.63, 3.8) is 0 Å². The summed E-state index contributed by atoms with van der Waals surface area (Å²) in [5.74, 6) is 0.155. The fourth-order valence-electron chi connectivity index (χ4n) is 2.49. The van der Waals surface area contributed by atoms with Crippen LogP contribution in [0.3, 0.4) is 0 Å². The molecule has 8 heteroatoms. The minimum Gasteiger partial charge on any atom is -0.330 e. The smallest absolute Gasteiger partial charge is 0.269 e. The summed E-state index contributed by atoms with van der Waals surface area (Å²) in [6.07, 6.45) is 2.65. The Labute approximate surface area is 117 Å². The van der Waals surface area contributed by atoms with Gasteiger partial charge >= 0.3 is 0 Å². The van der Waals surface area contributed by atoms with Crippen LogP contribution < -0.4 is 10.5 Å². The normalized spacial score (nSPS) is 22.9. The number of nitro benzene ring substituents is 1. The molecule has 7 nitrogen and oxygen atoms in total. The van der Waals surface area contributed by atoms with Crippen LogP contribution in [-0.2, 0) is 10.0 Å². The van der Waals surface area contributed by atoms with Crippen LogP contribution in [0.15, 0.2) is 29.2 Å². The summed E-state index contributed by atoms with van der Waals surface area (Å²) in [5, 5.41) is 10.5. The molecule has 2 rings (SSSR count). The first-order valence-electron chi connectivity index (χ1n) is 6.41. The highest BCUT2D eigenvalue weighted by Crippen LogP contribution is 2.26. The third-order valence-electron chi connectivity index (χ3n) is 3.63. The molecule has 20 heavy (non-hydrogen) atoms. The van der Waals surface area contributed by atoms with Crippen molar-refractivity contribution in [3.05, 3.63) is 34.4 Å². The van der Waals surface area contributed by atoms with Gasteiger partial charge in [0, 0.05) is 18.2 Å². The van der Waals surface area contributed by atoms with E-state index in [0.717, 1.165) is 19.3 Å². The van der Waals surface area contributed by atoms with Crippen LogP contribution in [0.25, 0.3) is 0 Å². The van der Waals surface area contributed by atoms with Crippen molar-refractivity contribution in [2.45, 2.75) is 30.2 Å². The van der Waals surface area contributed by atoms with Gasteiger partial charge in [0.1, 0.15) is 0 Å². The van der Waals surface area contributed by atoms with Gasteiger partial charge in [0.2, 0.25) is 10.0 Å². The molecule has 110 valence electrons. The predicted molar refractivity (Wildman–Crippen MR) is 73.6 cm³/mol. The minimum atomic E-state index is -3.66. The fourth-order valence-corrected chi connectivity index (χ4v) is 3.83. The zero-order chi connectivity index (χ0) is 14.8. The Morgan fingerprint density at radius 1 is 1.30 bits per heavy atom. The minimum absolute atomic E-state index is 0.0331. The highest BCUT2D eigenvalue weighted by Gasteiger charge is 2.30. The Hall–Kier alpha value is -1.51. The lowest BCUT2D eigenvalue weighted by molar-refractivity contribution is -0.384. The molecule has 0 spiro atoms. The first kappa shape index (κ1) is 14.9. The predicted octanol–water partition coefficient (Wildman–Crippen LogP) is 1.00. The second-order valence-electron chi connectivity index (χ2n) is 4.91. The number of nitrogens with one attached hydrogen (secondary N) is 1. The largest absolute Gasteiger partial charge is 0.330 e. The highest BCUT2D eigenvalue weighted by molar-refractivity contribution is 7.89. The maximum absolute atomic E-state index is 12.2. The summed E-state index contributed by atoms with van der Waals surface area (Å²) in [6, 6.07) is 4.70. The molecular weight excluding hydrogens is 282 g/mol. The van der Waals surface area contributed by atoms with Gasteiger partial charge in [-0.05, 0) is 37.4 Å². The van der Waals surface area contributed by atoms with E-state index in [2.05, 4.69) is 4.72 Å². The molecule has 1 aromatic rings. The molecule has 0 bridgehead atoms. The van der Waals surface area contributed by atoms with E-state index in [1.165, 1.54) is 24.3 Å². The van der Waals surface area contributed by atoms with Crippen LogP contribution in [-0.4, -0.2) is 25.9 Å². The summed E-state index contributed by atoms with van der Waals surface area (Å²) >= 11 is 0. The van der Waals surface area contributed by atoms with Gasteiger partial charge in [-0.2, -0.15) is 0 Å². The second-order valence-corrected chi connectivity index (χ2v) is 6.62. The van der Waals surface area contributed by atoms with Gasteiger partial charge in [-0.1, -0.05) is 6.42 Å². The van der Waals surface area contributed by atoms with E-state index in [1.54, 1.807) is 0 Å². The molecule has 1 aliphatic carbocycles. The third-order valence-corrected chi connectivity index (χ3v) is 5.13. The van der Waals surface area contributed by atoms with Gasteiger partial charge in [-0.25, -0.2) is 13.1 Å². The standard InChI is InChI=1S/C12H17N3O4S/c13-8-9-2-1-3-12(9)14-20(18,19)11-6-4-10(5-7-11)15(16)17/h4-7,9,12,14H,1-3,8,13H2/t9-,12-/m1/s1. The lowest BCUT2D eigenvalue weighted by atomic mass is 10.1. The molecule has 2 atom stereocenters. The van der Waals surface area contributed by atoms with Gasteiger partial charge < -0.3 is 5.73 Å². The Bertz CT molecular complexity index is 585. The second kappa shape index (κ2) is 5.86. The SMILES string of the molecule is NC[C@H]1CCC[C@H]1NS(=O)(=O)c1ccc([N+](=O)[O-])cc1. The molecule has 1 aromatic carbocycles. The van der Waals surface area contributed by atoms with Crippen LogP contribution in [0.4, 0.5) is 5.69 Å². The number of nitrogens with two attached hydrogens (primary N) is 1. The Morgan fingerprint density at radius 2 is 1.95 bits per heavy atom. The molecule has 1 aliphatic rings. The molecule has 0 radical (unpaired) electrons. The molecule has 1 fully saturated rings. The van der Waals surface area contributed by atoms with Crippen LogP contribution in [0.1, 0.15) is 19.3 Å². The van der Waals surface area contributed by atoms with E-state index in [4.69, 9.17) is 5.73 Å². The number of rotatable bonds is 5. The van der Waals surface area contributed by atoms with Gasteiger partial charge in [-0.15, -0.1) is 0 Å². The quantitative estimate of drug-likeness (QED) is 0.621. The van der Waals surface area contributed by atoms with Gasteiger partial charge in [0.15, 0.2) is 0 Å². The van der Waals surface area contributed by atoms with Crippen LogP contribution in [0.2, 0.25) is 0 Å². The van der Waals surface area contributed by atoms with Gasteiger partial charge in [-0.3, -0.25) is 10.1 Å². The fraction of sp³-hybridized carbons (Fsp3) is 0.500. The van der Waals surface area contributed by atoms with Gasteiger partial charge in [0.25, 0.3) is 5.69 Å². The number of nitrogens with zero attached hydrogens (tertiary/aromatic N) is 1. The van der Waals surface area contributed by atoms with E-state index < -0.39 is 14.9 Å². The molecule has 1 saturated carbocycles. The number of sulfonamides is 1. The monoisotopic (exact) mass is 299 g/mol. The third kappa shape index (κ3) is 3.14. The summed E-state index contributed by atoms with van der Waals surface area (Å²) in [5.41, 5.74) is 5.49. The van der Waals surface area contributed by atoms with E-state index in [0.29, 0.717) is 6.54 Å². The van der Waals surface area contributed by atoms with Crippen LogP contribution in [0, 0.1) is 16.0 Å². The van der Waals surface area contributed by atoms with E-state index >= 15 is 0 Å². The maximum atomic E-state index is 12.2. The van der Waals surface area contributed by atoms with Crippen LogP contribution >= 0.6 is 0 Å². The zero-order valence-electron chi connectivity index (χ0n) is 10.9. The molecular formula is C12H17N3O4S. The average molecular weight is 299 g/mol. The van der Waals surface area contributed by atoms with Crippen molar-refractivity contribution in [1.29, 1.82) is 0 Å². The van der Waals surface area contributed by atoms with Crippen molar-refractivity contribution in [2.24, 2.45) is 11.7 Å². The molecule has 0 heterocycles. The number of non-ortho nitro benzene ring substituents is 1. The lowest BCUT2D eigenvalue weighted by Gasteiger charge is -2.19. The molecule has 0 aromatic heterocycles. The summed E-state index contributed by atoms with van der Waals surface area (Å²) in [6.45, 7) is 0.452. The summed E-state index contributed by atoms with van der Waals surface area (Å²) < 4.78 is 27.1. The van der Waals surface area contributed by atoms with E-state index in [1.807, 2.05) is 0 Å². The van der Waals surface area contributed by atoms with Crippen molar-refractivity contribution in [2.75, 3.05) is 6.54 Å². The number of nitro groups is 1. The number of hydrogen-bond donors (Lipinski definition) is 2. The Kier molecular flexibility index (Phi) is 4.36. The molecule has 0 aliphatic heterocycles. The molecule has 0 unspecified atom stereocenters. The zero-order valence-corrected chi connectivity index (χ0v) is 11.7. The average Bonchev–Trinajstić information content (AvgIpc) is 2.85.